The molecule has 27 heavy (non-hydrogen) atoms. The van der Waals surface area contributed by atoms with Crippen molar-refractivity contribution >= 4 is 15.8 Å². The zero-order chi connectivity index (χ0) is 19.8. The molecule has 0 aromatic carbocycles. The number of hydrogen-bond acceptors (Lipinski definition) is 5. The third-order valence-electron chi connectivity index (χ3n) is 4.89. The number of rotatable bonds is 5. The van der Waals surface area contributed by atoms with E-state index in [4.69, 9.17) is 0 Å². The Kier molecular flexibility index (Phi) is 5.31. The van der Waals surface area contributed by atoms with Crippen molar-refractivity contribution in [3.8, 4) is 0 Å². The summed E-state index contributed by atoms with van der Waals surface area (Å²) in [6.07, 6.45) is 5.34. The normalized spacial score (nSPS) is 17.2. The van der Waals surface area contributed by atoms with Crippen LogP contribution >= 0.6 is 0 Å². The monoisotopic (exact) mass is 391 g/mol. The molecule has 0 aliphatic carbocycles. The Morgan fingerprint density at radius 3 is 2.37 bits per heavy atom. The van der Waals surface area contributed by atoms with Crippen molar-refractivity contribution in [2.75, 3.05) is 18.4 Å². The van der Waals surface area contributed by atoms with Gasteiger partial charge in [-0.25, -0.2) is 13.4 Å². The van der Waals surface area contributed by atoms with Crippen molar-refractivity contribution in [2.45, 2.75) is 63.9 Å². The summed E-state index contributed by atoms with van der Waals surface area (Å²) in [6.45, 7) is 11.6. The summed E-state index contributed by atoms with van der Waals surface area (Å²) in [5, 5.41) is 7.95. The molecule has 1 atom stereocenters. The van der Waals surface area contributed by atoms with Gasteiger partial charge in [-0.15, -0.1) is 0 Å². The average molecular weight is 392 g/mol. The van der Waals surface area contributed by atoms with E-state index in [2.05, 4.69) is 42.4 Å². The van der Waals surface area contributed by atoms with E-state index < -0.39 is 10.0 Å². The predicted molar refractivity (Wildman–Crippen MR) is 106 cm³/mol. The van der Waals surface area contributed by atoms with Crippen molar-refractivity contribution in [1.82, 2.24) is 19.1 Å². The lowest BCUT2D eigenvalue weighted by molar-refractivity contribution is 0.354. The van der Waals surface area contributed by atoms with Crippen LogP contribution in [0.2, 0.25) is 0 Å². The lowest BCUT2D eigenvalue weighted by atomic mass is 10.1. The molecule has 0 amide bonds. The molecule has 0 saturated carbocycles. The van der Waals surface area contributed by atoms with Crippen LogP contribution in [0.25, 0.3) is 0 Å². The Bertz CT molecular complexity index is 891. The lowest BCUT2D eigenvalue weighted by Crippen LogP contribution is -2.27. The SMILES string of the molecule is Cc1nn(C(C)(C)C)cc1C(C)Nc1ccc(S(=O)(=O)N2CCCC2)cn1. The van der Waals surface area contributed by atoms with Gasteiger partial charge in [0, 0.05) is 31.0 Å². The van der Waals surface area contributed by atoms with Gasteiger partial charge in [-0.1, -0.05) is 0 Å². The van der Waals surface area contributed by atoms with E-state index >= 15 is 0 Å². The molecule has 3 heterocycles. The minimum absolute atomic E-state index is 0.00893. The topological polar surface area (TPSA) is 80.1 Å². The van der Waals surface area contributed by atoms with Crippen molar-refractivity contribution in [3.05, 3.63) is 35.8 Å². The predicted octanol–water partition coefficient (Wildman–Crippen LogP) is 3.30. The van der Waals surface area contributed by atoms with Crippen molar-refractivity contribution in [2.24, 2.45) is 0 Å². The first kappa shape index (κ1) is 19.8. The largest absolute Gasteiger partial charge is 0.363 e. The van der Waals surface area contributed by atoms with Crippen molar-refractivity contribution < 1.29 is 8.42 Å². The summed E-state index contributed by atoms with van der Waals surface area (Å²) in [7, 11) is -3.43. The molecule has 7 nitrogen and oxygen atoms in total. The number of anilines is 1. The number of pyridine rings is 1. The van der Waals surface area contributed by atoms with Gasteiger partial charge in [0.05, 0.1) is 17.3 Å². The van der Waals surface area contributed by atoms with Gasteiger partial charge in [-0.05, 0) is 59.6 Å². The first-order valence-corrected chi connectivity index (χ1v) is 10.8. The highest BCUT2D eigenvalue weighted by molar-refractivity contribution is 7.89. The number of nitrogens with zero attached hydrogens (tertiary/aromatic N) is 4. The summed E-state index contributed by atoms with van der Waals surface area (Å²) in [4.78, 5) is 4.57. The molecule has 3 rings (SSSR count). The van der Waals surface area contributed by atoms with Gasteiger partial charge in [-0.2, -0.15) is 9.40 Å². The first-order chi connectivity index (χ1) is 12.6. The molecule has 8 heteroatoms. The summed E-state index contributed by atoms with van der Waals surface area (Å²) in [5.41, 5.74) is 1.99. The average Bonchev–Trinajstić information content (AvgIpc) is 3.24. The van der Waals surface area contributed by atoms with Gasteiger partial charge in [0.2, 0.25) is 10.0 Å². The molecular weight excluding hydrogens is 362 g/mol. The Morgan fingerprint density at radius 2 is 1.85 bits per heavy atom. The molecule has 148 valence electrons. The minimum Gasteiger partial charge on any atom is -0.363 e. The molecule has 1 unspecified atom stereocenters. The van der Waals surface area contributed by atoms with Crippen molar-refractivity contribution in [3.63, 3.8) is 0 Å². The molecule has 1 N–H and O–H groups in total. The van der Waals surface area contributed by atoms with Gasteiger partial charge in [0.25, 0.3) is 0 Å². The van der Waals surface area contributed by atoms with Crippen LogP contribution in [0.4, 0.5) is 5.82 Å². The highest BCUT2D eigenvalue weighted by Crippen LogP contribution is 2.25. The maximum absolute atomic E-state index is 12.6. The summed E-state index contributed by atoms with van der Waals surface area (Å²) < 4.78 is 28.7. The van der Waals surface area contributed by atoms with E-state index in [-0.39, 0.29) is 16.5 Å². The van der Waals surface area contributed by atoms with E-state index in [0.29, 0.717) is 18.9 Å². The fourth-order valence-electron chi connectivity index (χ4n) is 3.24. The molecule has 1 aliphatic heterocycles. The van der Waals surface area contributed by atoms with Gasteiger partial charge < -0.3 is 5.32 Å². The Morgan fingerprint density at radius 1 is 1.19 bits per heavy atom. The third kappa shape index (κ3) is 4.16. The Labute approximate surface area is 161 Å². The number of nitrogens with one attached hydrogen (secondary N) is 1. The van der Waals surface area contributed by atoms with Crippen LogP contribution in [0.5, 0.6) is 0 Å². The molecule has 1 aliphatic rings. The number of hydrogen-bond donors (Lipinski definition) is 1. The smallest absolute Gasteiger partial charge is 0.244 e. The lowest BCUT2D eigenvalue weighted by Gasteiger charge is -2.19. The van der Waals surface area contributed by atoms with E-state index in [0.717, 1.165) is 24.1 Å². The maximum Gasteiger partial charge on any atom is 0.244 e. The number of aryl methyl sites for hydroxylation is 1. The van der Waals surface area contributed by atoms with Crippen LogP contribution < -0.4 is 5.32 Å². The van der Waals surface area contributed by atoms with Gasteiger partial charge in [0.1, 0.15) is 10.7 Å². The Balaban J connectivity index is 1.74. The van der Waals surface area contributed by atoms with Crippen LogP contribution in [0.1, 0.15) is 57.8 Å². The van der Waals surface area contributed by atoms with Crippen LogP contribution in [-0.2, 0) is 15.6 Å². The Hall–Kier alpha value is -1.93. The van der Waals surface area contributed by atoms with E-state index in [9.17, 15) is 8.42 Å². The minimum atomic E-state index is -3.43. The zero-order valence-electron chi connectivity index (χ0n) is 16.7. The number of aromatic nitrogens is 3. The molecule has 1 fully saturated rings. The second-order valence-electron chi connectivity index (χ2n) is 8.14. The summed E-state index contributed by atoms with van der Waals surface area (Å²) >= 11 is 0. The molecule has 0 bridgehead atoms. The van der Waals surface area contributed by atoms with Crippen LogP contribution in [0.3, 0.4) is 0 Å². The van der Waals surface area contributed by atoms with Crippen LogP contribution in [-0.4, -0.2) is 40.6 Å². The van der Waals surface area contributed by atoms with E-state index in [1.54, 1.807) is 12.1 Å². The van der Waals surface area contributed by atoms with E-state index in [1.807, 2.05) is 18.5 Å². The summed E-state index contributed by atoms with van der Waals surface area (Å²) in [6, 6.07) is 3.36. The number of sulfonamides is 1. The molecule has 1 saturated heterocycles. The fourth-order valence-corrected chi connectivity index (χ4v) is 4.70. The molecule has 0 radical (unpaired) electrons. The van der Waals surface area contributed by atoms with Gasteiger partial charge >= 0.3 is 0 Å². The van der Waals surface area contributed by atoms with Crippen LogP contribution in [0, 0.1) is 6.92 Å². The first-order valence-electron chi connectivity index (χ1n) is 9.38. The highest BCUT2D eigenvalue weighted by Gasteiger charge is 2.27. The molecule has 2 aromatic heterocycles. The molecule has 2 aromatic rings. The quantitative estimate of drug-likeness (QED) is 0.846. The van der Waals surface area contributed by atoms with E-state index in [1.165, 1.54) is 10.5 Å². The third-order valence-corrected chi connectivity index (χ3v) is 6.78. The summed E-state index contributed by atoms with van der Waals surface area (Å²) in [5.74, 6) is 0.644. The molecular formula is C19H29N5O2S. The maximum atomic E-state index is 12.6. The van der Waals surface area contributed by atoms with Gasteiger partial charge in [-0.3, -0.25) is 4.68 Å². The van der Waals surface area contributed by atoms with Crippen molar-refractivity contribution in [1.29, 1.82) is 0 Å². The second kappa shape index (κ2) is 7.24. The van der Waals surface area contributed by atoms with Crippen LogP contribution in [0.15, 0.2) is 29.4 Å². The fraction of sp³-hybridized carbons (Fsp3) is 0.579. The second-order valence-corrected chi connectivity index (χ2v) is 10.1. The van der Waals surface area contributed by atoms with Gasteiger partial charge in [0.15, 0.2) is 0 Å². The highest BCUT2D eigenvalue weighted by atomic mass is 32.2. The standard InChI is InChI=1S/C19H29N5O2S/c1-14(17-13-24(19(3,4)5)22-15(17)2)21-18-9-8-16(12-20-18)27(25,26)23-10-6-7-11-23/h8-9,12-14H,6-7,10-11H2,1-5H3,(H,20,21). The molecule has 0 spiro atoms. The zero-order valence-corrected chi connectivity index (χ0v) is 17.5.